The van der Waals surface area contributed by atoms with Crippen molar-refractivity contribution in [3.8, 4) is 11.5 Å². The molecule has 1 atom stereocenters. The smallest absolute Gasteiger partial charge is 0.202 e. The first-order valence-corrected chi connectivity index (χ1v) is 16.1. The van der Waals surface area contributed by atoms with Gasteiger partial charge in [-0.15, -0.1) is 0 Å². The van der Waals surface area contributed by atoms with Crippen LogP contribution < -0.4 is 9.47 Å². The van der Waals surface area contributed by atoms with Gasteiger partial charge in [-0.05, 0) is 66.7 Å². The third-order valence-electron chi connectivity index (χ3n) is 8.10. The number of allylic oxidation sites excluding steroid dienone is 1. The fourth-order valence-corrected chi connectivity index (χ4v) is 13.8. The van der Waals surface area contributed by atoms with Gasteiger partial charge in [0.05, 0.1) is 27.8 Å². The zero-order chi connectivity index (χ0) is 28.3. The molecule has 1 aliphatic carbocycles. The van der Waals surface area contributed by atoms with Crippen LogP contribution in [-0.2, 0) is 9.53 Å². The minimum Gasteiger partial charge on any atom is -0.497 e. The van der Waals surface area contributed by atoms with Crippen molar-refractivity contribution in [1.29, 1.82) is 0 Å². The number of methoxy groups -OCH3 is 3. The van der Waals surface area contributed by atoms with E-state index >= 15 is 0 Å². The van der Waals surface area contributed by atoms with Crippen molar-refractivity contribution in [2.45, 2.75) is 116 Å². The van der Waals surface area contributed by atoms with Crippen molar-refractivity contribution in [2.75, 3.05) is 21.3 Å². The summed E-state index contributed by atoms with van der Waals surface area (Å²) in [5.41, 5.74) is 2.17. The molecule has 0 aliphatic heterocycles. The van der Waals surface area contributed by atoms with Crippen molar-refractivity contribution in [3.63, 3.8) is 0 Å². The number of ether oxygens (including phenoxy) is 3. The SMILES string of the molecule is CCCCC1(OC)C(=NC(C)(C)C)C(=O)C([Si](C(C)C)(C(C)C)C(C)C)=C1c1cc(OC)cc(OC)c1. The third-order valence-corrected chi connectivity index (χ3v) is 15.2. The molecule has 208 valence electrons. The molecule has 0 saturated carbocycles. The van der Waals surface area contributed by atoms with Gasteiger partial charge in [0, 0.05) is 18.7 Å². The van der Waals surface area contributed by atoms with Crippen LogP contribution in [-0.4, -0.2) is 52.0 Å². The maximum absolute atomic E-state index is 14.9. The van der Waals surface area contributed by atoms with E-state index in [0.717, 1.165) is 29.2 Å². The first-order chi connectivity index (χ1) is 17.2. The van der Waals surface area contributed by atoms with Crippen molar-refractivity contribution in [1.82, 2.24) is 0 Å². The average Bonchev–Trinajstić information content (AvgIpc) is 3.04. The first kappa shape index (κ1) is 31.3. The Hall–Kier alpha value is -1.92. The maximum Gasteiger partial charge on any atom is 0.202 e. The van der Waals surface area contributed by atoms with Crippen LogP contribution in [0.1, 0.15) is 94.1 Å². The van der Waals surface area contributed by atoms with E-state index in [1.807, 2.05) is 18.2 Å². The van der Waals surface area contributed by atoms with Gasteiger partial charge in [0.2, 0.25) is 5.78 Å². The minimum absolute atomic E-state index is 0.0763. The number of carbonyl (C=O) groups is 1. The fraction of sp³-hybridized carbons (Fsp3) is 0.677. The van der Waals surface area contributed by atoms with Gasteiger partial charge in [-0.25, -0.2) is 0 Å². The molecule has 0 aromatic heterocycles. The molecule has 5 nitrogen and oxygen atoms in total. The summed E-state index contributed by atoms with van der Waals surface area (Å²) in [4.78, 5) is 20.0. The number of carbonyl (C=O) groups excluding carboxylic acids is 1. The van der Waals surface area contributed by atoms with Crippen LogP contribution in [0.25, 0.3) is 5.57 Å². The molecule has 0 bridgehead atoms. The second kappa shape index (κ2) is 11.9. The van der Waals surface area contributed by atoms with Gasteiger partial charge in [-0.1, -0.05) is 61.3 Å². The Kier molecular flexibility index (Phi) is 10.0. The summed E-state index contributed by atoms with van der Waals surface area (Å²) in [5.74, 6) is 1.47. The monoisotopic (exact) mass is 529 g/mol. The van der Waals surface area contributed by atoms with E-state index in [2.05, 4.69) is 69.2 Å². The molecule has 0 spiro atoms. The van der Waals surface area contributed by atoms with Crippen LogP contribution in [0.2, 0.25) is 16.6 Å². The Bertz CT molecular complexity index is 988. The Morgan fingerprint density at radius 3 is 1.73 bits per heavy atom. The quantitative estimate of drug-likeness (QED) is 0.272. The average molecular weight is 530 g/mol. The zero-order valence-electron chi connectivity index (χ0n) is 25.7. The molecule has 37 heavy (non-hydrogen) atoms. The molecule has 0 heterocycles. The maximum atomic E-state index is 14.9. The number of rotatable bonds is 11. The summed E-state index contributed by atoms with van der Waals surface area (Å²) in [7, 11) is 2.63. The molecule has 1 aliphatic rings. The minimum atomic E-state index is -2.43. The summed E-state index contributed by atoms with van der Waals surface area (Å²) in [6.45, 7) is 22.1. The Morgan fingerprint density at radius 1 is 0.892 bits per heavy atom. The van der Waals surface area contributed by atoms with Crippen molar-refractivity contribution in [3.05, 3.63) is 29.0 Å². The number of hydrogen-bond donors (Lipinski definition) is 0. The molecule has 0 radical (unpaired) electrons. The highest BCUT2D eigenvalue weighted by Gasteiger charge is 2.60. The molecule has 0 N–H and O–H groups in total. The highest BCUT2D eigenvalue weighted by atomic mass is 28.3. The van der Waals surface area contributed by atoms with Crippen LogP contribution in [0, 0.1) is 0 Å². The molecular formula is C31H51NO4Si. The van der Waals surface area contributed by atoms with Gasteiger partial charge in [0.15, 0.2) is 0 Å². The summed E-state index contributed by atoms with van der Waals surface area (Å²) < 4.78 is 17.9. The number of unbranched alkanes of at least 4 members (excludes halogenated alkanes) is 1. The lowest BCUT2D eigenvalue weighted by Gasteiger charge is -2.44. The predicted molar refractivity (Wildman–Crippen MR) is 159 cm³/mol. The van der Waals surface area contributed by atoms with E-state index in [1.165, 1.54) is 0 Å². The van der Waals surface area contributed by atoms with Gasteiger partial charge >= 0.3 is 0 Å². The summed E-state index contributed by atoms with van der Waals surface area (Å²) in [6, 6.07) is 5.94. The molecule has 2 rings (SSSR count). The van der Waals surface area contributed by atoms with E-state index in [0.29, 0.717) is 40.3 Å². The highest BCUT2D eigenvalue weighted by Crippen LogP contribution is 2.56. The largest absolute Gasteiger partial charge is 0.497 e. The first-order valence-electron chi connectivity index (χ1n) is 13.9. The fourth-order valence-electron chi connectivity index (χ4n) is 6.79. The Morgan fingerprint density at radius 2 is 1.38 bits per heavy atom. The molecule has 1 aromatic rings. The normalized spacial score (nSPS) is 20.2. The highest BCUT2D eigenvalue weighted by molar-refractivity contribution is 6.98. The molecule has 0 saturated heterocycles. The van der Waals surface area contributed by atoms with Crippen molar-refractivity contribution in [2.24, 2.45) is 4.99 Å². The number of nitrogens with zero attached hydrogens (tertiary/aromatic N) is 1. The number of Topliss-reactive ketones (excluding diaryl/α,β-unsaturated/α-hetero) is 1. The third kappa shape index (κ3) is 5.61. The van der Waals surface area contributed by atoms with E-state index < -0.39 is 19.2 Å². The van der Waals surface area contributed by atoms with Crippen LogP contribution in [0.3, 0.4) is 0 Å². The van der Waals surface area contributed by atoms with E-state index in [4.69, 9.17) is 19.2 Å². The lowest BCUT2D eigenvalue weighted by Crippen LogP contribution is -2.49. The molecule has 0 amide bonds. The number of hydrogen-bond acceptors (Lipinski definition) is 5. The molecule has 1 aromatic carbocycles. The Balaban J connectivity index is 3.27. The molecule has 0 fully saturated rings. The standard InChI is InChI=1S/C31H51NO4Si/c1-14-15-16-31(36-13)26(23-17-24(34-11)19-25(18-23)35-12)28(27(33)29(31)32-30(8,9)10)37(20(2)3,21(4)5)22(6)7/h17-22H,14-16H2,1-13H3. The van der Waals surface area contributed by atoms with E-state index in [9.17, 15) is 4.79 Å². The topological polar surface area (TPSA) is 57.1 Å². The van der Waals surface area contributed by atoms with Crippen LogP contribution in [0.5, 0.6) is 11.5 Å². The van der Waals surface area contributed by atoms with Gasteiger partial charge in [0.1, 0.15) is 22.8 Å². The van der Waals surface area contributed by atoms with Gasteiger partial charge in [0.25, 0.3) is 0 Å². The number of ketones is 1. The van der Waals surface area contributed by atoms with Gasteiger partial charge in [-0.2, -0.15) is 0 Å². The summed E-state index contributed by atoms with van der Waals surface area (Å²) in [6.07, 6.45) is 2.60. The summed E-state index contributed by atoms with van der Waals surface area (Å²) in [5, 5.41) is 0.976. The van der Waals surface area contributed by atoms with Crippen LogP contribution >= 0.6 is 0 Å². The Labute approximate surface area is 227 Å². The second-order valence-corrected chi connectivity index (χ2v) is 18.2. The van der Waals surface area contributed by atoms with Crippen LogP contribution in [0.15, 0.2) is 28.4 Å². The van der Waals surface area contributed by atoms with Gasteiger partial charge < -0.3 is 14.2 Å². The van der Waals surface area contributed by atoms with Gasteiger partial charge in [-0.3, -0.25) is 9.79 Å². The van der Waals surface area contributed by atoms with E-state index in [-0.39, 0.29) is 5.78 Å². The zero-order valence-corrected chi connectivity index (χ0v) is 26.7. The molecular weight excluding hydrogens is 478 g/mol. The molecule has 6 heteroatoms. The lowest BCUT2D eigenvalue weighted by molar-refractivity contribution is -0.109. The second-order valence-electron chi connectivity index (χ2n) is 12.3. The number of benzene rings is 1. The van der Waals surface area contributed by atoms with E-state index in [1.54, 1.807) is 21.3 Å². The molecule has 1 unspecified atom stereocenters. The van der Waals surface area contributed by atoms with Crippen molar-refractivity contribution >= 4 is 25.1 Å². The number of aliphatic imine (C=N–C) groups is 1. The summed E-state index contributed by atoms with van der Waals surface area (Å²) >= 11 is 0. The van der Waals surface area contributed by atoms with Crippen LogP contribution in [0.4, 0.5) is 0 Å². The predicted octanol–water partition coefficient (Wildman–Crippen LogP) is 8.07. The van der Waals surface area contributed by atoms with Crippen molar-refractivity contribution < 1.29 is 19.0 Å². The lowest BCUT2D eigenvalue weighted by atomic mass is 9.83.